The number of thiazole rings is 1. The zero-order chi connectivity index (χ0) is 8.81. The molecule has 0 radical (unpaired) electrons. The third-order valence-corrected chi connectivity index (χ3v) is 15.0. The molecular formula is C3H2Cl5IrNS. The van der Waals surface area contributed by atoms with Gasteiger partial charge in [0.15, 0.2) is 0 Å². The van der Waals surface area contributed by atoms with Crippen LogP contribution in [-0.2, 0) is 7.82 Å². The Balaban J connectivity index is 3.33. The fourth-order valence-electron chi connectivity index (χ4n) is 0.355. The molecule has 0 spiro atoms. The van der Waals surface area contributed by atoms with Crippen molar-refractivity contribution in [3.8, 4) is 0 Å². The Morgan fingerprint density at radius 3 is 1.91 bits per heavy atom. The molecule has 1 aromatic rings. The van der Waals surface area contributed by atoms with Crippen molar-refractivity contribution < 1.29 is 7.82 Å². The van der Waals surface area contributed by atoms with Crippen LogP contribution in [0.2, 0.25) is 0 Å². The standard InChI is InChI=1S/C3H2NS.5ClH.Ir/c1-2-5-3-4-1;;;;;;/h1-2H;5*1H;/q;;;;;;+5/p-5. The minimum absolute atomic E-state index is 0.193. The van der Waals surface area contributed by atoms with Crippen molar-refractivity contribution in [1.29, 1.82) is 0 Å². The number of hydrogen-bond donors (Lipinski definition) is 0. The van der Waals surface area contributed by atoms with Gasteiger partial charge in [-0.25, -0.2) is 0 Å². The Bertz CT molecular complexity index is 260. The molecule has 0 fully saturated rings. The fourth-order valence-corrected chi connectivity index (χ4v) is 8.68. The van der Waals surface area contributed by atoms with Crippen LogP contribution in [0, 0.1) is 0 Å². The normalized spacial score (nSPS) is 19.0. The SMILES string of the molecule is [Cl][Ir]([Cl])([Cl])([Cl])([Cl])[c]1nccs1. The van der Waals surface area contributed by atoms with Gasteiger partial charge in [0.2, 0.25) is 0 Å². The van der Waals surface area contributed by atoms with Crippen LogP contribution >= 0.6 is 59.3 Å². The fraction of sp³-hybridized carbons (Fsp3) is 0. The predicted molar refractivity (Wildman–Crippen MR) is 51.0 cm³/mol. The zero-order valence-corrected chi connectivity index (χ0v) is 11.7. The van der Waals surface area contributed by atoms with Gasteiger partial charge < -0.3 is 0 Å². The van der Waals surface area contributed by atoms with Gasteiger partial charge in [-0.1, -0.05) is 0 Å². The van der Waals surface area contributed by atoms with E-state index in [0.717, 1.165) is 11.3 Å². The van der Waals surface area contributed by atoms with Gasteiger partial charge in [0, 0.05) is 0 Å². The molecule has 0 aromatic carbocycles. The molecule has 0 atom stereocenters. The van der Waals surface area contributed by atoms with Crippen molar-refractivity contribution in [3.05, 3.63) is 11.6 Å². The van der Waals surface area contributed by atoms with Gasteiger partial charge in [0.1, 0.15) is 0 Å². The summed E-state index contributed by atoms with van der Waals surface area (Å²) in [5, 5.41) is 1.65. The molecule has 0 saturated heterocycles. The van der Waals surface area contributed by atoms with Gasteiger partial charge in [-0.05, 0) is 0 Å². The third-order valence-electron chi connectivity index (χ3n) is 0.661. The molecule has 0 aliphatic heterocycles. The Labute approximate surface area is 86.1 Å². The van der Waals surface area contributed by atoms with Crippen molar-refractivity contribution in [2.24, 2.45) is 0 Å². The van der Waals surface area contributed by atoms with E-state index in [0.29, 0.717) is 0 Å². The third kappa shape index (κ3) is 3.17. The molecule has 8 heteroatoms. The first-order chi connectivity index (χ1) is 4.59. The molecule has 1 nitrogen and oxygen atoms in total. The first kappa shape index (κ1) is 10.8. The maximum absolute atomic E-state index is 5.71. The molecule has 0 aliphatic carbocycles. The topological polar surface area (TPSA) is 12.9 Å². The van der Waals surface area contributed by atoms with E-state index in [2.05, 4.69) is 4.98 Å². The van der Waals surface area contributed by atoms with Crippen LogP contribution in [-0.4, -0.2) is 4.98 Å². The average molecular weight is 454 g/mol. The molecule has 1 aromatic heterocycles. The van der Waals surface area contributed by atoms with Crippen molar-refractivity contribution in [3.63, 3.8) is 0 Å². The summed E-state index contributed by atoms with van der Waals surface area (Å²) in [6, 6.07) is 0. The van der Waals surface area contributed by atoms with Crippen molar-refractivity contribution in [1.82, 2.24) is 4.98 Å². The molecule has 11 heavy (non-hydrogen) atoms. The van der Waals surface area contributed by atoms with Crippen LogP contribution in [0.4, 0.5) is 0 Å². The summed E-state index contributed by atoms with van der Waals surface area (Å²) < 4.78 is 0.193. The summed E-state index contributed by atoms with van der Waals surface area (Å²) in [6.45, 7) is 0. The zero-order valence-electron chi connectivity index (χ0n) is 4.73. The molecule has 69 valence electrons. The van der Waals surface area contributed by atoms with Crippen LogP contribution in [0.1, 0.15) is 0 Å². The first-order valence-corrected chi connectivity index (χ1v) is 19.0. The quantitative estimate of drug-likeness (QED) is 0.631. The average Bonchev–Trinajstić information content (AvgIpc) is 2.01. The van der Waals surface area contributed by atoms with Crippen molar-refractivity contribution in [2.75, 3.05) is 0 Å². The van der Waals surface area contributed by atoms with E-state index in [-0.39, 0.29) is 3.52 Å². The molecule has 0 amide bonds. The summed E-state index contributed by atoms with van der Waals surface area (Å²) in [5.41, 5.74) is 0. The second-order valence-electron chi connectivity index (χ2n) is 1.56. The van der Waals surface area contributed by atoms with Crippen molar-refractivity contribution in [2.45, 2.75) is 0 Å². The summed E-state index contributed by atoms with van der Waals surface area (Å²) in [5.74, 6) is 0. The van der Waals surface area contributed by atoms with E-state index in [9.17, 15) is 0 Å². The van der Waals surface area contributed by atoms with Crippen LogP contribution in [0.15, 0.2) is 11.6 Å². The van der Waals surface area contributed by atoms with Crippen LogP contribution in [0.5, 0.6) is 0 Å². The number of rotatable bonds is 1. The first-order valence-electron chi connectivity index (χ1n) is 2.05. The summed E-state index contributed by atoms with van der Waals surface area (Å²) in [7, 11) is 23.1. The maximum atomic E-state index is 5.71. The van der Waals surface area contributed by atoms with Crippen LogP contribution in [0.3, 0.4) is 0 Å². The van der Waals surface area contributed by atoms with E-state index in [1.165, 1.54) is 6.20 Å². The van der Waals surface area contributed by atoms with E-state index in [1.54, 1.807) is 5.38 Å². The number of aromatic nitrogens is 1. The second kappa shape index (κ2) is 2.40. The van der Waals surface area contributed by atoms with Gasteiger partial charge >= 0.3 is 87.2 Å². The molecule has 0 saturated carbocycles. The van der Waals surface area contributed by atoms with Crippen LogP contribution in [0.25, 0.3) is 0 Å². The summed E-state index contributed by atoms with van der Waals surface area (Å²) in [4.78, 5) is 3.77. The second-order valence-corrected chi connectivity index (χ2v) is 46.4. The molecular weight excluding hydrogens is 452 g/mol. The monoisotopic (exact) mass is 452 g/mol. The Hall–Kier alpha value is 1.73. The number of nitrogens with zero attached hydrogens (tertiary/aromatic N) is 1. The van der Waals surface area contributed by atoms with Gasteiger partial charge in [-0.3, -0.25) is 0 Å². The summed E-state index contributed by atoms with van der Waals surface area (Å²) >= 11 is 1.14. The molecule has 1 heterocycles. The minimum atomic E-state index is -5.39. The van der Waals surface area contributed by atoms with E-state index < -0.39 is 7.82 Å². The number of halogens is 5. The molecule has 0 bridgehead atoms. The van der Waals surface area contributed by atoms with Crippen LogP contribution < -0.4 is 3.52 Å². The van der Waals surface area contributed by atoms with Gasteiger partial charge in [0.25, 0.3) is 0 Å². The number of hydrogen-bond acceptors (Lipinski definition) is 2. The van der Waals surface area contributed by atoms with Gasteiger partial charge in [-0.2, -0.15) is 0 Å². The Kier molecular flexibility index (Phi) is 2.36. The Morgan fingerprint density at radius 2 is 1.73 bits per heavy atom. The molecule has 0 N–H and O–H groups in total. The Morgan fingerprint density at radius 1 is 1.18 bits per heavy atom. The van der Waals surface area contributed by atoms with E-state index >= 15 is 0 Å². The molecule has 0 unspecified atom stereocenters. The molecule has 0 aliphatic rings. The van der Waals surface area contributed by atoms with Crippen molar-refractivity contribution >= 4 is 62.8 Å². The van der Waals surface area contributed by atoms with Gasteiger partial charge in [0.05, 0.1) is 0 Å². The summed E-state index contributed by atoms with van der Waals surface area (Å²) in [6.07, 6.45) is 1.49. The predicted octanol–water partition coefficient (Wildman–Crippen LogP) is 3.76. The van der Waals surface area contributed by atoms with E-state index in [1.807, 2.05) is 0 Å². The van der Waals surface area contributed by atoms with E-state index in [4.69, 9.17) is 47.9 Å². The molecule has 1 rings (SSSR count). The van der Waals surface area contributed by atoms with Gasteiger partial charge in [-0.15, -0.1) is 0 Å².